The summed E-state index contributed by atoms with van der Waals surface area (Å²) in [5.74, 6) is -0.251. The maximum Gasteiger partial charge on any atom is 0.135 e. The van der Waals surface area contributed by atoms with Gasteiger partial charge in [0.05, 0.1) is 0 Å². The van der Waals surface area contributed by atoms with Gasteiger partial charge in [0.25, 0.3) is 0 Å². The Kier molecular flexibility index (Phi) is 4.22. The van der Waals surface area contributed by atoms with E-state index < -0.39 is 17.4 Å². The molecule has 1 aliphatic heterocycles. The van der Waals surface area contributed by atoms with E-state index in [1.54, 1.807) is 30.3 Å². The maximum atomic E-state index is 10.5. The molecular weight excluding hydrogens is 372 g/mol. The van der Waals surface area contributed by atoms with Gasteiger partial charge in [-0.1, -0.05) is 19.9 Å². The van der Waals surface area contributed by atoms with Crippen LogP contribution in [0, 0.1) is 0 Å². The molecule has 0 fully saturated rings. The molecule has 0 radical (unpaired) electrons. The van der Waals surface area contributed by atoms with Crippen molar-refractivity contribution in [1.82, 2.24) is 0 Å². The van der Waals surface area contributed by atoms with Crippen molar-refractivity contribution in [3.8, 4) is 34.5 Å². The molecule has 29 heavy (non-hydrogen) atoms. The van der Waals surface area contributed by atoms with E-state index in [9.17, 15) is 25.5 Å². The molecule has 0 aromatic heterocycles. The van der Waals surface area contributed by atoms with Gasteiger partial charge in [-0.25, -0.2) is 0 Å². The number of benzene rings is 3. The first-order chi connectivity index (χ1) is 13.7. The minimum absolute atomic E-state index is 0.0571. The molecule has 1 heterocycles. The third kappa shape index (κ3) is 3.16. The maximum absolute atomic E-state index is 10.5. The van der Waals surface area contributed by atoms with Gasteiger partial charge in [0.2, 0.25) is 0 Å². The zero-order valence-electron chi connectivity index (χ0n) is 16.0. The summed E-state index contributed by atoms with van der Waals surface area (Å²) in [4.78, 5) is 0. The van der Waals surface area contributed by atoms with Crippen molar-refractivity contribution in [2.24, 2.45) is 0 Å². The Morgan fingerprint density at radius 3 is 2.00 bits per heavy atom. The molecule has 0 saturated heterocycles. The van der Waals surface area contributed by atoms with Gasteiger partial charge in [0.15, 0.2) is 0 Å². The van der Waals surface area contributed by atoms with Crippen molar-refractivity contribution in [1.29, 1.82) is 0 Å². The molecule has 0 aliphatic carbocycles. The fourth-order valence-electron chi connectivity index (χ4n) is 4.30. The van der Waals surface area contributed by atoms with Crippen LogP contribution >= 0.6 is 0 Å². The number of aromatic hydroxyl groups is 5. The van der Waals surface area contributed by atoms with E-state index in [-0.39, 0.29) is 28.7 Å². The summed E-state index contributed by atoms with van der Waals surface area (Å²) in [5, 5.41) is 50.2. The third-order valence-electron chi connectivity index (χ3n) is 5.60. The van der Waals surface area contributed by atoms with Crippen LogP contribution in [0.25, 0.3) is 0 Å². The van der Waals surface area contributed by atoms with Crippen LogP contribution in [0.2, 0.25) is 0 Å². The summed E-state index contributed by atoms with van der Waals surface area (Å²) < 4.78 is 6.24. The Hall–Kier alpha value is -3.54. The molecule has 0 spiro atoms. The van der Waals surface area contributed by atoms with Gasteiger partial charge in [-0.05, 0) is 35.9 Å². The molecule has 0 saturated carbocycles. The third-order valence-corrected chi connectivity index (χ3v) is 5.60. The van der Waals surface area contributed by atoms with Gasteiger partial charge in [-0.2, -0.15) is 0 Å². The lowest BCUT2D eigenvalue weighted by atomic mass is 9.65. The van der Waals surface area contributed by atoms with Crippen molar-refractivity contribution in [3.05, 3.63) is 71.3 Å². The SMILES string of the molecule is CC1(C)c2ccc(O)cc2OC(c2ccc(O)cc2O)C1c1cc(O)cc(O)c1. The van der Waals surface area contributed by atoms with E-state index in [4.69, 9.17) is 4.74 Å². The number of hydrogen-bond donors (Lipinski definition) is 5. The smallest absolute Gasteiger partial charge is 0.135 e. The number of phenolic OH excluding ortho intramolecular Hbond substituents is 5. The lowest BCUT2D eigenvalue weighted by Crippen LogP contribution is -2.38. The Bertz CT molecular complexity index is 1070. The topological polar surface area (TPSA) is 110 Å². The van der Waals surface area contributed by atoms with Crippen molar-refractivity contribution in [2.75, 3.05) is 0 Å². The highest BCUT2D eigenvalue weighted by molar-refractivity contribution is 5.53. The van der Waals surface area contributed by atoms with Crippen LogP contribution in [-0.2, 0) is 5.41 Å². The second-order valence-electron chi connectivity index (χ2n) is 7.94. The summed E-state index contributed by atoms with van der Waals surface area (Å²) >= 11 is 0. The van der Waals surface area contributed by atoms with E-state index in [1.165, 1.54) is 24.3 Å². The van der Waals surface area contributed by atoms with Crippen molar-refractivity contribution in [3.63, 3.8) is 0 Å². The van der Waals surface area contributed by atoms with Gasteiger partial charge < -0.3 is 30.3 Å². The van der Waals surface area contributed by atoms with E-state index in [1.807, 2.05) is 13.8 Å². The lowest BCUT2D eigenvalue weighted by molar-refractivity contribution is 0.102. The Morgan fingerprint density at radius 2 is 1.34 bits per heavy atom. The van der Waals surface area contributed by atoms with Crippen LogP contribution in [0.1, 0.15) is 42.6 Å². The lowest BCUT2D eigenvalue weighted by Gasteiger charge is -2.45. The van der Waals surface area contributed by atoms with Crippen molar-refractivity contribution >= 4 is 0 Å². The van der Waals surface area contributed by atoms with E-state index in [0.29, 0.717) is 16.9 Å². The molecule has 2 atom stereocenters. The Morgan fingerprint density at radius 1 is 0.724 bits per heavy atom. The van der Waals surface area contributed by atoms with E-state index in [2.05, 4.69) is 0 Å². The molecule has 6 nitrogen and oxygen atoms in total. The monoisotopic (exact) mass is 394 g/mol. The van der Waals surface area contributed by atoms with Gasteiger partial charge in [0.1, 0.15) is 40.6 Å². The van der Waals surface area contributed by atoms with Crippen molar-refractivity contribution < 1.29 is 30.3 Å². The zero-order chi connectivity index (χ0) is 20.9. The van der Waals surface area contributed by atoms with Crippen LogP contribution in [0.5, 0.6) is 34.5 Å². The normalized spacial score (nSPS) is 19.9. The largest absolute Gasteiger partial charge is 0.508 e. The van der Waals surface area contributed by atoms with E-state index in [0.717, 1.165) is 5.56 Å². The molecule has 3 aromatic carbocycles. The molecule has 0 amide bonds. The average molecular weight is 394 g/mol. The zero-order valence-corrected chi connectivity index (χ0v) is 16.0. The number of ether oxygens (including phenoxy) is 1. The summed E-state index contributed by atoms with van der Waals surface area (Å²) in [6.07, 6.45) is -0.707. The van der Waals surface area contributed by atoms with Gasteiger partial charge >= 0.3 is 0 Å². The average Bonchev–Trinajstić information content (AvgIpc) is 2.59. The highest BCUT2D eigenvalue weighted by Crippen LogP contribution is 2.56. The van der Waals surface area contributed by atoms with Crippen LogP contribution in [0.4, 0.5) is 0 Å². The van der Waals surface area contributed by atoms with Crippen LogP contribution in [0.3, 0.4) is 0 Å². The quantitative estimate of drug-likeness (QED) is 0.440. The van der Waals surface area contributed by atoms with Crippen LogP contribution in [-0.4, -0.2) is 25.5 Å². The molecule has 1 aliphatic rings. The predicted octanol–water partition coefficient (Wildman–Crippen LogP) is 4.41. The first-order valence-corrected chi connectivity index (χ1v) is 9.22. The minimum Gasteiger partial charge on any atom is -0.508 e. The second-order valence-corrected chi connectivity index (χ2v) is 7.94. The van der Waals surface area contributed by atoms with E-state index >= 15 is 0 Å². The summed E-state index contributed by atoms with van der Waals surface area (Å²) in [5.41, 5.74) is 1.36. The van der Waals surface area contributed by atoms with Gasteiger partial charge in [-0.15, -0.1) is 0 Å². The Labute approximate surface area is 167 Å². The summed E-state index contributed by atoms with van der Waals surface area (Å²) in [6, 6.07) is 13.5. The highest BCUT2D eigenvalue weighted by atomic mass is 16.5. The number of rotatable bonds is 2. The molecule has 150 valence electrons. The molecule has 4 rings (SSSR count). The molecule has 2 unspecified atom stereocenters. The van der Waals surface area contributed by atoms with Crippen molar-refractivity contribution in [2.45, 2.75) is 31.3 Å². The Balaban J connectivity index is 1.97. The molecule has 6 heteroatoms. The number of fused-ring (bicyclic) bond motifs is 1. The summed E-state index contributed by atoms with van der Waals surface area (Å²) in [7, 11) is 0. The second kappa shape index (κ2) is 6.51. The van der Waals surface area contributed by atoms with Gasteiger partial charge in [-0.3, -0.25) is 0 Å². The number of phenols is 5. The minimum atomic E-state index is -0.707. The van der Waals surface area contributed by atoms with Crippen LogP contribution < -0.4 is 4.74 Å². The molecular formula is C23H22O6. The fraction of sp³-hybridized carbons (Fsp3) is 0.217. The first-order valence-electron chi connectivity index (χ1n) is 9.22. The predicted molar refractivity (Wildman–Crippen MR) is 107 cm³/mol. The van der Waals surface area contributed by atoms with Gasteiger partial charge in [0, 0.05) is 40.7 Å². The molecule has 5 N–H and O–H groups in total. The molecule has 0 bridgehead atoms. The summed E-state index contributed by atoms with van der Waals surface area (Å²) in [6.45, 7) is 4.00. The standard InChI is InChI=1S/C23H22O6/c1-23(2)18-6-4-14(25)11-20(18)29-22(17-5-3-13(24)10-19(17)28)21(23)12-7-15(26)9-16(27)8-12/h3-11,21-22,24-28H,1-2H3. The highest BCUT2D eigenvalue weighted by Gasteiger charge is 2.46. The first kappa shape index (κ1) is 18.8. The molecule has 3 aromatic rings. The fourth-order valence-corrected chi connectivity index (χ4v) is 4.30. The van der Waals surface area contributed by atoms with Crippen LogP contribution in [0.15, 0.2) is 54.6 Å². The number of hydrogen-bond acceptors (Lipinski definition) is 6.